The Morgan fingerprint density at radius 2 is 0.875 bits per heavy atom. The predicted octanol–water partition coefficient (Wildman–Crippen LogP) is 16.3. The highest BCUT2D eigenvalue weighted by Gasteiger charge is 2.44. The van der Waals surface area contributed by atoms with Gasteiger partial charge in [0.05, 0.1) is 32.0 Å². The number of carbonyl (C=O) groups is 2. The second kappa shape index (κ2) is 57.9. The fourth-order valence-electron chi connectivity index (χ4n) is 9.99. The van der Waals surface area contributed by atoms with Crippen LogP contribution in [0.2, 0.25) is 0 Å². The summed E-state index contributed by atoms with van der Waals surface area (Å²) in [5.41, 5.74) is 0. The number of aliphatic hydroxyl groups is 5. The largest absolute Gasteiger partial charge is 0.466 e. The van der Waals surface area contributed by atoms with Crippen LogP contribution in [0.25, 0.3) is 0 Å². The van der Waals surface area contributed by atoms with E-state index in [-0.39, 0.29) is 18.5 Å². The molecule has 1 amide bonds. The van der Waals surface area contributed by atoms with Crippen LogP contribution in [0.15, 0.2) is 72.9 Å². The molecule has 0 bridgehead atoms. The summed E-state index contributed by atoms with van der Waals surface area (Å²) >= 11 is 0. The zero-order valence-corrected chi connectivity index (χ0v) is 51.3. The summed E-state index contributed by atoms with van der Waals surface area (Å²) in [6, 6.07) is -0.831. The lowest BCUT2D eigenvalue weighted by Crippen LogP contribution is -2.60. The Morgan fingerprint density at radius 3 is 1.36 bits per heavy atom. The van der Waals surface area contributed by atoms with Crippen LogP contribution in [0.3, 0.4) is 0 Å². The molecular formula is C69H123NO10. The Morgan fingerprint density at radius 1 is 0.463 bits per heavy atom. The fourth-order valence-corrected chi connectivity index (χ4v) is 9.99. The van der Waals surface area contributed by atoms with E-state index in [4.69, 9.17) is 14.2 Å². The van der Waals surface area contributed by atoms with E-state index in [9.17, 15) is 35.1 Å². The Kier molecular flexibility index (Phi) is 54.4. The first-order valence-corrected chi connectivity index (χ1v) is 33.2. The van der Waals surface area contributed by atoms with Crippen LogP contribution < -0.4 is 5.32 Å². The fraction of sp³-hybridized carbons (Fsp3) is 0.797. The number of amides is 1. The molecule has 0 aromatic rings. The molecule has 1 aliphatic heterocycles. The van der Waals surface area contributed by atoms with Gasteiger partial charge in [-0.05, 0) is 103 Å². The van der Waals surface area contributed by atoms with E-state index >= 15 is 0 Å². The van der Waals surface area contributed by atoms with Crippen LogP contribution in [-0.4, -0.2) is 100 Å². The van der Waals surface area contributed by atoms with Crippen molar-refractivity contribution >= 4 is 11.9 Å². The van der Waals surface area contributed by atoms with Gasteiger partial charge in [-0.2, -0.15) is 0 Å². The number of unbranched alkanes of at least 4 members (excludes halogenated alkanes) is 33. The number of aliphatic hydroxyl groups excluding tert-OH is 5. The smallest absolute Gasteiger partial charge is 0.305 e. The Bertz CT molecular complexity index is 1560. The third-order valence-electron chi connectivity index (χ3n) is 15.2. The van der Waals surface area contributed by atoms with Crippen molar-refractivity contribution in [2.45, 2.75) is 333 Å². The summed E-state index contributed by atoms with van der Waals surface area (Å²) in [6.07, 6.45) is 67.3. The van der Waals surface area contributed by atoms with Crippen molar-refractivity contribution < 1.29 is 49.3 Å². The van der Waals surface area contributed by atoms with Crippen molar-refractivity contribution in [3.8, 4) is 0 Å². The van der Waals surface area contributed by atoms with Gasteiger partial charge in [0.1, 0.15) is 24.4 Å². The van der Waals surface area contributed by atoms with Gasteiger partial charge in [-0.15, -0.1) is 0 Å². The average molecular weight is 1130 g/mol. The van der Waals surface area contributed by atoms with Crippen LogP contribution in [0.4, 0.5) is 0 Å². The van der Waals surface area contributed by atoms with Gasteiger partial charge in [-0.1, -0.05) is 247 Å². The van der Waals surface area contributed by atoms with E-state index in [0.29, 0.717) is 19.4 Å². The lowest BCUT2D eigenvalue weighted by Gasteiger charge is -2.40. The molecule has 7 atom stereocenters. The lowest BCUT2D eigenvalue weighted by atomic mass is 9.99. The molecule has 7 unspecified atom stereocenters. The minimum Gasteiger partial charge on any atom is -0.466 e. The summed E-state index contributed by atoms with van der Waals surface area (Å²) < 4.78 is 16.7. The van der Waals surface area contributed by atoms with Crippen molar-refractivity contribution in [1.29, 1.82) is 0 Å². The van der Waals surface area contributed by atoms with Crippen LogP contribution in [0, 0.1) is 0 Å². The van der Waals surface area contributed by atoms with E-state index in [1.807, 2.05) is 6.08 Å². The summed E-state index contributed by atoms with van der Waals surface area (Å²) in [5.74, 6) is -0.212. The van der Waals surface area contributed by atoms with Gasteiger partial charge in [-0.25, -0.2) is 0 Å². The number of rotatable bonds is 57. The maximum absolute atomic E-state index is 13.0. The molecule has 0 radical (unpaired) electrons. The molecule has 11 heteroatoms. The van der Waals surface area contributed by atoms with Crippen LogP contribution in [0.5, 0.6) is 0 Å². The molecule has 1 rings (SSSR count). The zero-order chi connectivity index (χ0) is 58.0. The van der Waals surface area contributed by atoms with Gasteiger partial charge < -0.3 is 45.1 Å². The molecule has 1 heterocycles. The highest BCUT2D eigenvalue weighted by molar-refractivity contribution is 5.76. The molecule has 1 aliphatic rings. The monoisotopic (exact) mass is 1130 g/mol. The molecule has 6 N–H and O–H groups in total. The second-order valence-electron chi connectivity index (χ2n) is 22.8. The van der Waals surface area contributed by atoms with E-state index in [1.165, 1.54) is 173 Å². The third-order valence-corrected chi connectivity index (χ3v) is 15.2. The van der Waals surface area contributed by atoms with Crippen LogP contribution >= 0.6 is 0 Å². The Hall–Kier alpha value is -2.90. The standard InChI is InChI=1S/C69H123NO10/c1-3-5-7-9-11-13-15-32-37-41-45-49-53-57-65(74)78-58-54-50-46-42-38-34-31-29-27-25-23-21-19-17-18-20-22-24-26-28-30-33-36-40-44-48-52-56-64(73)70-61(60-79-69-68(77)67(76)66(75)63(59-71)80-69)62(72)55-51-47-43-39-35-16-14-12-10-8-6-4-2/h7,9,13,15,17-18,21,23,35,39,51,55,61-63,66-69,71-72,75-77H,3-6,8,10-12,14,16,19-20,22,24-34,36-38,40-50,52-54,56-60H2,1-2H3,(H,70,73)/b9-7-,15-13-,18-17-,23-21-,39-35+,55-51+. The van der Waals surface area contributed by atoms with Gasteiger partial charge in [-0.3, -0.25) is 9.59 Å². The summed E-state index contributed by atoms with van der Waals surface area (Å²) in [7, 11) is 0. The first-order chi connectivity index (χ1) is 39.2. The average Bonchev–Trinajstić information content (AvgIpc) is 3.47. The lowest BCUT2D eigenvalue weighted by molar-refractivity contribution is -0.302. The Labute approximate surface area is 490 Å². The number of nitrogens with one attached hydrogen (secondary N) is 1. The summed E-state index contributed by atoms with van der Waals surface area (Å²) in [4.78, 5) is 25.1. The van der Waals surface area contributed by atoms with E-state index in [1.54, 1.807) is 6.08 Å². The second-order valence-corrected chi connectivity index (χ2v) is 22.8. The molecule has 0 aliphatic carbocycles. The van der Waals surface area contributed by atoms with E-state index in [0.717, 1.165) is 89.9 Å². The third kappa shape index (κ3) is 46.6. The normalized spacial score (nSPS) is 18.8. The van der Waals surface area contributed by atoms with Crippen LogP contribution in [0.1, 0.15) is 290 Å². The number of esters is 1. The minimum atomic E-state index is -1.58. The maximum atomic E-state index is 13.0. The number of hydrogen-bond donors (Lipinski definition) is 6. The summed E-state index contributed by atoms with van der Waals surface area (Å²) in [6.45, 7) is 4.24. The number of allylic oxidation sites excluding steroid dienone is 11. The van der Waals surface area contributed by atoms with Crippen molar-refractivity contribution in [3.63, 3.8) is 0 Å². The number of ether oxygens (including phenoxy) is 3. The highest BCUT2D eigenvalue weighted by atomic mass is 16.7. The molecule has 0 saturated carbocycles. The van der Waals surface area contributed by atoms with Crippen molar-refractivity contribution in [1.82, 2.24) is 5.32 Å². The van der Waals surface area contributed by atoms with Crippen molar-refractivity contribution in [2.75, 3.05) is 19.8 Å². The van der Waals surface area contributed by atoms with Gasteiger partial charge in [0.15, 0.2) is 6.29 Å². The van der Waals surface area contributed by atoms with Gasteiger partial charge in [0, 0.05) is 12.8 Å². The van der Waals surface area contributed by atoms with Crippen molar-refractivity contribution in [3.05, 3.63) is 72.9 Å². The number of hydrogen-bond acceptors (Lipinski definition) is 10. The zero-order valence-electron chi connectivity index (χ0n) is 51.3. The molecule has 0 aromatic heterocycles. The Balaban J connectivity index is 2.02. The maximum Gasteiger partial charge on any atom is 0.305 e. The predicted molar refractivity (Wildman–Crippen MR) is 333 cm³/mol. The molecule has 1 saturated heterocycles. The van der Waals surface area contributed by atoms with E-state index in [2.05, 4.69) is 79.9 Å². The molecule has 1 fully saturated rings. The van der Waals surface area contributed by atoms with Crippen LogP contribution in [-0.2, 0) is 23.8 Å². The molecule has 11 nitrogen and oxygen atoms in total. The number of carbonyl (C=O) groups excluding carboxylic acids is 2. The molecule has 464 valence electrons. The van der Waals surface area contributed by atoms with Gasteiger partial charge in [0.2, 0.25) is 5.91 Å². The summed E-state index contributed by atoms with van der Waals surface area (Å²) in [5, 5.41) is 54.4. The van der Waals surface area contributed by atoms with Crippen molar-refractivity contribution in [2.24, 2.45) is 0 Å². The highest BCUT2D eigenvalue weighted by Crippen LogP contribution is 2.23. The van der Waals surface area contributed by atoms with Gasteiger partial charge >= 0.3 is 5.97 Å². The molecule has 0 spiro atoms. The van der Waals surface area contributed by atoms with Gasteiger partial charge in [0.25, 0.3) is 0 Å². The van der Waals surface area contributed by atoms with E-state index < -0.39 is 49.5 Å². The first-order valence-electron chi connectivity index (χ1n) is 33.2. The first kappa shape index (κ1) is 75.1. The molecular weight excluding hydrogens is 1000 g/mol. The molecule has 0 aromatic carbocycles. The molecule has 80 heavy (non-hydrogen) atoms. The quantitative estimate of drug-likeness (QED) is 0.0195. The SMILES string of the molecule is CCC/C=C\C/C=C\CCCCCCCC(=O)OCCCCCCCCCCC/C=C\C/C=C\CCCCCCCCCCCCCC(=O)NC(COC1OC(CO)C(O)C(O)C1O)C(O)/C=C/CC/C=C/CCCCCCCC. The topological polar surface area (TPSA) is 175 Å². The minimum absolute atomic E-state index is 0.0154.